The second kappa shape index (κ2) is 5.12. The molecule has 5 nitrogen and oxygen atoms in total. The maximum atomic E-state index is 12.1. The van der Waals surface area contributed by atoms with Crippen LogP contribution in [0.25, 0.3) is 0 Å². The summed E-state index contributed by atoms with van der Waals surface area (Å²) in [4.78, 5) is 22.2. The monoisotopic (exact) mass is 281 g/mol. The van der Waals surface area contributed by atoms with Gasteiger partial charge in [-0.3, -0.25) is 10.1 Å². The molecule has 6 heteroatoms. The first kappa shape index (κ1) is 15.4. The molecule has 0 unspecified atom stereocenters. The van der Waals surface area contributed by atoms with E-state index in [1.54, 1.807) is 0 Å². The predicted molar refractivity (Wildman–Crippen MR) is 75.7 cm³/mol. The Balaban J connectivity index is 2.96. The van der Waals surface area contributed by atoms with Crippen molar-refractivity contribution in [2.75, 3.05) is 0 Å². The molecule has 1 aromatic rings. The molecule has 0 amide bonds. The average molecular weight is 281 g/mol. The van der Waals surface area contributed by atoms with Crippen molar-refractivity contribution in [3.8, 4) is 0 Å². The maximum Gasteiger partial charge on any atom is 0.325 e. The van der Waals surface area contributed by atoms with Gasteiger partial charge in [0.05, 0.1) is 10.5 Å². The second-order valence-corrected chi connectivity index (χ2v) is 10.7. The minimum Gasteiger partial charge on any atom is -0.516 e. The standard InChI is InChI=1S/C13H19NO4Si/c1-13(2,3)19(4,5)18-12(15)10-7-6-8-11(9-10)14(16)17/h6-9H,1-5H3. The summed E-state index contributed by atoms with van der Waals surface area (Å²) in [5.41, 5.74) is 0.115. The van der Waals surface area contributed by atoms with Gasteiger partial charge in [-0.15, -0.1) is 0 Å². The highest BCUT2D eigenvalue weighted by Gasteiger charge is 2.40. The zero-order valence-corrected chi connectivity index (χ0v) is 12.9. The second-order valence-electron chi connectivity index (χ2n) is 5.96. The molecular formula is C13H19NO4Si. The zero-order chi connectivity index (χ0) is 14.8. The normalized spacial score (nSPS) is 12.1. The number of rotatable bonds is 3. The molecule has 0 aromatic heterocycles. The van der Waals surface area contributed by atoms with E-state index in [1.165, 1.54) is 24.3 Å². The van der Waals surface area contributed by atoms with Gasteiger partial charge in [0.25, 0.3) is 14.0 Å². The lowest BCUT2D eigenvalue weighted by Gasteiger charge is -2.35. The number of nitro benzene ring substituents is 1. The van der Waals surface area contributed by atoms with Crippen LogP contribution in [0.4, 0.5) is 5.69 Å². The van der Waals surface area contributed by atoms with Crippen molar-refractivity contribution >= 4 is 20.0 Å². The van der Waals surface area contributed by atoms with Crippen LogP contribution in [0.2, 0.25) is 18.1 Å². The maximum absolute atomic E-state index is 12.1. The molecule has 104 valence electrons. The number of carbonyl (C=O) groups excluding carboxylic acids is 1. The molecule has 0 atom stereocenters. The first-order valence-corrected chi connectivity index (χ1v) is 8.93. The van der Waals surface area contributed by atoms with Crippen LogP contribution in [0.15, 0.2) is 24.3 Å². The zero-order valence-electron chi connectivity index (χ0n) is 11.9. The third-order valence-electron chi connectivity index (χ3n) is 3.45. The summed E-state index contributed by atoms with van der Waals surface area (Å²) in [6.45, 7) is 10.0. The van der Waals surface area contributed by atoms with Gasteiger partial charge >= 0.3 is 5.97 Å². The van der Waals surface area contributed by atoms with Crippen LogP contribution in [0.5, 0.6) is 0 Å². The Kier molecular flexibility index (Phi) is 4.14. The lowest BCUT2D eigenvalue weighted by molar-refractivity contribution is -0.384. The van der Waals surface area contributed by atoms with Gasteiger partial charge in [0, 0.05) is 12.1 Å². The average Bonchev–Trinajstić information content (AvgIpc) is 2.27. The van der Waals surface area contributed by atoms with Crippen molar-refractivity contribution in [1.82, 2.24) is 0 Å². The van der Waals surface area contributed by atoms with Gasteiger partial charge in [-0.1, -0.05) is 26.8 Å². The Hall–Kier alpha value is -1.69. The van der Waals surface area contributed by atoms with Crippen molar-refractivity contribution in [2.45, 2.75) is 38.9 Å². The first-order chi connectivity index (χ1) is 8.54. The number of nitro groups is 1. The predicted octanol–water partition coefficient (Wildman–Crippen LogP) is 3.76. The van der Waals surface area contributed by atoms with Crippen LogP contribution in [0.1, 0.15) is 31.1 Å². The van der Waals surface area contributed by atoms with E-state index >= 15 is 0 Å². The summed E-state index contributed by atoms with van der Waals surface area (Å²) in [6, 6.07) is 5.61. The molecular weight excluding hydrogens is 262 g/mol. The Morgan fingerprint density at radius 3 is 2.37 bits per heavy atom. The third-order valence-corrected chi connectivity index (χ3v) is 7.75. The summed E-state index contributed by atoms with van der Waals surface area (Å²) < 4.78 is 5.60. The Morgan fingerprint density at radius 1 is 1.32 bits per heavy atom. The summed E-state index contributed by atoms with van der Waals surface area (Å²) in [5, 5.41) is 10.6. The number of benzene rings is 1. The Bertz CT molecular complexity index is 506. The quantitative estimate of drug-likeness (QED) is 0.480. The van der Waals surface area contributed by atoms with Crippen LogP contribution in [0, 0.1) is 10.1 Å². The number of carbonyl (C=O) groups is 1. The molecule has 1 rings (SSSR count). The van der Waals surface area contributed by atoms with Crippen molar-refractivity contribution in [1.29, 1.82) is 0 Å². The summed E-state index contributed by atoms with van der Waals surface area (Å²) in [5.74, 6) is -0.490. The molecule has 0 radical (unpaired) electrons. The van der Waals surface area contributed by atoms with Crippen molar-refractivity contribution in [2.24, 2.45) is 0 Å². The van der Waals surface area contributed by atoms with Crippen LogP contribution in [-0.2, 0) is 4.43 Å². The fraction of sp³-hybridized carbons (Fsp3) is 0.462. The molecule has 0 aliphatic heterocycles. The molecule has 0 heterocycles. The lowest BCUT2D eigenvalue weighted by Crippen LogP contribution is -2.42. The molecule has 0 spiro atoms. The van der Waals surface area contributed by atoms with E-state index in [4.69, 9.17) is 4.43 Å². The van der Waals surface area contributed by atoms with Crippen LogP contribution in [-0.4, -0.2) is 19.2 Å². The molecule has 0 aliphatic rings. The van der Waals surface area contributed by atoms with Crippen LogP contribution in [0.3, 0.4) is 0 Å². The Morgan fingerprint density at radius 2 is 1.89 bits per heavy atom. The number of nitrogens with zero attached hydrogens (tertiary/aromatic N) is 1. The molecule has 0 N–H and O–H groups in total. The molecule has 1 aromatic carbocycles. The molecule has 0 aliphatic carbocycles. The van der Waals surface area contributed by atoms with Crippen molar-refractivity contribution in [3.63, 3.8) is 0 Å². The Labute approximate surface area is 113 Å². The van der Waals surface area contributed by atoms with Gasteiger partial charge in [0.1, 0.15) is 0 Å². The number of hydrogen-bond donors (Lipinski definition) is 0. The number of non-ortho nitro benzene ring substituents is 1. The fourth-order valence-corrected chi connectivity index (χ4v) is 2.08. The molecule has 0 fully saturated rings. The lowest BCUT2D eigenvalue weighted by atomic mass is 10.2. The van der Waals surface area contributed by atoms with Crippen LogP contribution >= 0.6 is 0 Å². The highest BCUT2D eigenvalue weighted by molar-refractivity contribution is 6.75. The van der Waals surface area contributed by atoms with E-state index in [9.17, 15) is 14.9 Å². The van der Waals surface area contributed by atoms with E-state index in [-0.39, 0.29) is 16.3 Å². The van der Waals surface area contributed by atoms with Gasteiger partial charge in [-0.05, 0) is 24.2 Å². The molecule has 0 saturated carbocycles. The fourth-order valence-electron chi connectivity index (χ4n) is 1.19. The van der Waals surface area contributed by atoms with E-state index in [0.29, 0.717) is 0 Å². The summed E-state index contributed by atoms with van der Waals surface area (Å²) in [6.07, 6.45) is 0. The van der Waals surface area contributed by atoms with Crippen LogP contribution < -0.4 is 0 Å². The van der Waals surface area contributed by atoms with E-state index in [1.807, 2.05) is 33.9 Å². The van der Waals surface area contributed by atoms with E-state index in [0.717, 1.165) is 0 Å². The highest BCUT2D eigenvalue weighted by atomic mass is 28.4. The molecule has 0 bridgehead atoms. The topological polar surface area (TPSA) is 69.4 Å². The SMILES string of the molecule is CC(C)(C)[Si](C)(C)OC(=O)c1cccc([N+](=O)[O-])c1. The molecule has 0 saturated heterocycles. The molecule has 19 heavy (non-hydrogen) atoms. The summed E-state index contributed by atoms with van der Waals surface area (Å²) in [7, 11) is -2.21. The first-order valence-electron chi connectivity index (χ1n) is 6.02. The highest BCUT2D eigenvalue weighted by Crippen LogP contribution is 2.37. The largest absolute Gasteiger partial charge is 0.516 e. The minimum atomic E-state index is -2.21. The summed E-state index contributed by atoms with van der Waals surface area (Å²) >= 11 is 0. The van der Waals surface area contributed by atoms with Crippen molar-refractivity contribution < 1.29 is 14.1 Å². The van der Waals surface area contributed by atoms with Gasteiger partial charge in [-0.2, -0.15) is 0 Å². The van der Waals surface area contributed by atoms with Gasteiger partial charge in [-0.25, -0.2) is 4.79 Å². The van der Waals surface area contributed by atoms with Gasteiger partial charge < -0.3 is 4.43 Å². The number of hydrogen-bond acceptors (Lipinski definition) is 4. The van der Waals surface area contributed by atoms with Gasteiger partial charge in [0.15, 0.2) is 0 Å². The van der Waals surface area contributed by atoms with Gasteiger partial charge in [0.2, 0.25) is 0 Å². The minimum absolute atomic E-state index is 0.0939. The van der Waals surface area contributed by atoms with E-state index in [2.05, 4.69) is 0 Å². The smallest absolute Gasteiger partial charge is 0.325 e. The third kappa shape index (κ3) is 3.63. The van der Waals surface area contributed by atoms with E-state index < -0.39 is 19.2 Å². The van der Waals surface area contributed by atoms with Crippen molar-refractivity contribution in [3.05, 3.63) is 39.9 Å².